The van der Waals surface area contributed by atoms with Gasteiger partial charge in [-0.2, -0.15) is 9.97 Å². The maximum absolute atomic E-state index is 5.81. The molecular weight excluding hydrogens is 197 g/mol. The van der Waals surface area contributed by atoms with E-state index in [0.29, 0.717) is 22.3 Å². The van der Waals surface area contributed by atoms with Crippen molar-refractivity contribution in [3.63, 3.8) is 0 Å². The number of aromatic nitrogens is 4. The number of hydrogen-bond donors (Lipinski definition) is 2. The van der Waals surface area contributed by atoms with Crippen LogP contribution in [0.1, 0.15) is 0 Å². The number of nitrogens with zero attached hydrogens (tertiary/aromatic N) is 3. The van der Waals surface area contributed by atoms with Crippen LogP contribution in [0.15, 0.2) is 6.33 Å². The molecule has 2 heterocycles. The number of H-pyrrole nitrogens is 1. The first kappa shape index (κ1) is 7.71. The average Bonchev–Trinajstić information content (AvgIpc) is 2.52. The van der Waals surface area contributed by atoms with Crippen molar-refractivity contribution in [2.75, 3.05) is 5.09 Å². The fraction of sp³-hybridized carbons (Fsp3) is 0. The molecule has 5 nitrogen and oxygen atoms in total. The summed E-state index contributed by atoms with van der Waals surface area (Å²) in [6.45, 7) is 0. The second kappa shape index (κ2) is 2.84. The molecule has 2 N–H and O–H groups in total. The van der Waals surface area contributed by atoms with E-state index >= 15 is 0 Å². The summed E-state index contributed by atoms with van der Waals surface area (Å²) in [5.74, 6) is 0.435. The second-order valence-electron chi connectivity index (χ2n) is 2.08. The number of imidazole rings is 1. The highest BCUT2D eigenvalue weighted by atomic mass is 35.5. The summed E-state index contributed by atoms with van der Waals surface area (Å²) in [7, 11) is 2.29. The molecule has 12 heavy (non-hydrogen) atoms. The van der Waals surface area contributed by atoms with Crippen LogP contribution in [-0.2, 0) is 0 Å². The van der Waals surface area contributed by atoms with Gasteiger partial charge in [-0.1, -0.05) is 11.6 Å². The van der Waals surface area contributed by atoms with Crippen molar-refractivity contribution in [2.45, 2.75) is 0 Å². The predicted octanol–water partition coefficient (Wildman–Crippen LogP) is 1.21. The molecule has 0 fully saturated rings. The van der Waals surface area contributed by atoms with E-state index in [9.17, 15) is 0 Å². The third-order valence-electron chi connectivity index (χ3n) is 1.37. The molecule has 0 saturated heterocycles. The highest BCUT2D eigenvalue weighted by Crippen LogP contribution is 2.18. The molecular formula is C5H5ClN5P. The van der Waals surface area contributed by atoms with Gasteiger partial charge in [0.15, 0.2) is 10.8 Å². The Morgan fingerprint density at radius 3 is 3.08 bits per heavy atom. The van der Waals surface area contributed by atoms with Gasteiger partial charge in [0.2, 0.25) is 5.95 Å². The molecule has 0 spiro atoms. The van der Waals surface area contributed by atoms with Crippen LogP contribution >= 0.6 is 21.0 Å². The molecule has 2 rings (SSSR count). The Balaban J connectivity index is 2.75. The Morgan fingerprint density at radius 2 is 2.33 bits per heavy atom. The lowest BCUT2D eigenvalue weighted by molar-refractivity contribution is 1.22. The smallest absolute Gasteiger partial charge is 0.229 e. The van der Waals surface area contributed by atoms with Crippen LogP contribution in [-0.4, -0.2) is 19.9 Å². The summed E-state index contributed by atoms with van der Waals surface area (Å²) in [5.41, 5.74) is 1.21. The highest BCUT2D eigenvalue weighted by Gasteiger charge is 2.05. The van der Waals surface area contributed by atoms with Gasteiger partial charge >= 0.3 is 0 Å². The molecule has 2 aromatic heterocycles. The predicted molar refractivity (Wildman–Crippen MR) is 50.0 cm³/mol. The van der Waals surface area contributed by atoms with E-state index in [4.69, 9.17) is 11.6 Å². The number of hydrogen-bond acceptors (Lipinski definition) is 4. The van der Waals surface area contributed by atoms with Gasteiger partial charge in [0.25, 0.3) is 0 Å². The van der Waals surface area contributed by atoms with Crippen molar-refractivity contribution in [1.29, 1.82) is 0 Å². The lowest BCUT2D eigenvalue weighted by Gasteiger charge is -1.97. The Hall–Kier alpha value is -0.930. The average molecular weight is 202 g/mol. The molecule has 0 aliphatic carbocycles. The number of fused-ring (bicyclic) bond motifs is 1. The fourth-order valence-corrected chi connectivity index (χ4v) is 1.21. The molecule has 0 saturated carbocycles. The van der Waals surface area contributed by atoms with Gasteiger partial charge in [-0.15, -0.1) is 0 Å². The molecule has 1 atom stereocenters. The maximum Gasteiger partial charge on any atom is 0.229 e. The Morgan fingerprint density at radius 1 is 1.50 bits per heavy atom. The van der Waals surface area contributed by atoms with Crippen LogP contribution < -0.4 is 5.09 Å². The number of halogens is 1. The first-order valence-corrected chi connectivity index (χ1v) is 4.10. The van der Waals surface area contributed by atoms with Crippen LogP contribution in [0.5, 0.6) is 0 Å². The summed E-state index contributed by atoms with van der Waals surface area (Å²) >= 11 is 5.81. The normalized spacial score (nSPS) is 10.5. The SMILES string of the molecule is PNc1nc(Cl)c2[nH]cnc2n1. The van der Waals surface area contributed by atoms with Crippen molar-refractivity contribution in [3.05, 3.63) is 11.5 Å². The number of rotatable bonds is 1. The topological polar surface area (TPSA) is 66.5 Å². The van der Waals surface area contributed by atoms with E-state index < -0.39 is 0 Å². The lowest BCUT2D eigenvalue weighted by atomic mass is 10.6. The van der Waals surface area contributed by atoms with Gasteiger partial charge in [-0.25, -0.2) is 4.98 Å². The molecule has 0 aromatic carbocycles. The van der Waals surface area contributed by atoms with E-state index in [2.05, 4.69) is 34.4 Å². The Kier molecular flexibility index (Phi) is 1.83. The molecule has 7 heteroatoms. The minimum absolute atomic E-state index is 0.363. The van der Waals surface area contributed by atoms with Gasteiger partial charge in [-0.05, 0) is 9.39 Å². The second-order valence-corrected chi connectivity index (χ2v) is 2.73. The minimum Gasteiger partial charge on any atom is -0.341 e. The summed E-state index contributed by atoms with van der Waals surface area (Å²) in [6.07, 6.45) is 1.53. The largest absolute Gasteiger partial charge is 0.341 e. The van der Waals surface area contributed by atoms with Gasteiger partial charge in [0.05, 0.1) is 6.33 Å². The standard InChI is InChI=1S/C5H5ClN5P/c6-3-2-4(8-1-7-2)10-5(9-3)11-12/h1H,12H2,(H2,7,8,9,10,11). The third kappa shape index (κ3) is 1.11. The highest BCUT2D eigenvalue weighted by molar-refractivity contribution is 7.18. The summed E-state index contributed by atoms with van der Waals surface area (Å²) in [6, 6.07) is 0. The first-order valence-electron chi connectivity index (χ1n) is 3.14. The summed E-state index contributed by atoms with van der Waals surface area (Å²) < 4.78 is 0. The van der Waals surface area contributed by atoms with E-state index in [1.165, 1.54) is 6.33 Å². The van der Waals surface area contributed by atoms with Gasteiger partial charge < -0.3 is 10.1 Å². The molecule has 62 valence electrons. The van der Waals surface area contributed by atoms with Crippen LogP contribution in [0.4, 0.5) is 5.95 Å². The van der Waals surface area contributed by atoms with E-state index in [1.54, 1.807) is 0 Å². The van der Waals surface area contributed by atoms with Crippen LogP contribution in [0, 0.1) is 0 Å². The molecule has 2 aromatic rings. The van der Waals surface area contributed by atoms with E-state index in [1.807, 2.05) is 0 Å². The van der Waals surface area contributed by atoms with Crippen molar-refractivity contribution in [1.82, 2.24) is 19.9 Å². The third-order valence-corrected chi connectivity index (χ3v) is 1.90. The number of aromatic amines is 1. The monoisotopic (exact) mass is 201 g/mol. The zero-order chi connectivity index (χ0) is 8.55. The van der Waals surface area contributed by atoms with Gasteiger partial charge in [0.1, 0.15) is 5.52 Å². The number of nitrogens with one attached hydrogen (secondary N) is 2. The van der Waals surface area contributed by atoms with Crippen LogP contribution in [0.3, 0.4) is 0 Å². The lowest BCUT2D eigenvalue weighted by Crippen LogP contribution is -1.91. The zero-order valence-corrected chi connectivity index (χ0v) is 7.78. The summed E-state index contributed by atoms with van der Waals surface area (Å²) in [5, 5.41) is 3.07. The molecule has 0 amide bonds. The Labute approximate surface area is 75.2 Å². The van der Waals surface area contributed by atoms with E-state index in [-0.39, 0.29) is 0 Å². The maximum atomic E-state index is 5.81. The van der Waals surface area contributed by atoms with E-state index in [0.717, 1.165) is 0 Å². The van der Waals surface area contributed by atoms with Gasteiger partial charge in [0, 0.05) is 0 Å². The zero-order valence-electron chi connectivity index (χ0n) is 5.87. The molecule has 0 radical (unpaired) electrons. The van der Waals surface area contributed by atoms with Crippen LogP contribution in [0.25, 0.3) is 11.2 Å². The Bertz CT molecular complexity index is 413. The van der Waals surface area contributed by atoms with Crippen LogP contribution in [0.2, 0.25) is 5.15 Å². The molecule has 1 unspecified atom stereocenters. The quantitative estimate of drug-likeness (QED) is 0.538. The van der Waals surface area contributed by atoms with Crippen molar-refractivity contribution < 1.29 is 0 Å². The minimum atomic E-state index is 0.363. The number of anilines is 1. The first-order chi connectivity index (χ1) is 5.81. The molecule has 0 aliphatic heterocycles. The summed E-state index contributed by atoms with van der Waals surface area (Å²) in [4.78, 5) is 14.8. The van der Waals surface area contributed by atoms with Crippen molar-refractivity contribution >= 4 is 38.1 Å². The molecule has 0 aliphatic rings. The fourth-order valence-electron chi connectivity index (χ4n) is 0.862. The van der Waals surface area contributed by atoms with Gasteiger partial charge in [-0.3, -0.25) is 0 Å². The molecule has 0 bridgehead atoms. The van der Waals surface area contributed by atoms with Crippen molar-refractivity contribution in [2.24, 2.45) is 0 Å². The van der Waals surface area contributed by atoms with Crippen molar-refractivity contribution in [3.8, 4) is 0 Å².